The van der Waals surface area contributed by atoms with Crippen LogP contribution >= 0.6 is 0 Å². The second kappa shape index (κ2) is 5.48. The van der Waals surface area contributed by atoms with Crippen LogP contribution in [0.5, 0.6) is 0 Å². The van der Waals surface area contributed by atoms with Crippen LogP contribution in [0.3, 0.4) is 0 Å². The Bertz CT molecular complexity index is 512. The van der Waals surface area contributed by atoms with Crippen molar-refractivity contribution in [2.75, 3.05) is 6.61 Å². The fourth-order valence-electron chi connectivity index (χ4n) is 2.22. The van der Waals surface area contributed by atoms with Gasteiger partial charge in [-0.05, 0) is 28.3 Å². The molecule has 88 valence electrons. The van der Waals surface area contributed by atoms with Crippen LogP contribution in [0.4, 0.5) is 0 Å². The maximum Gasteiger partial charge on any atom is 0.293 e. The molecule has 0 aromatic heterocycles. The average Bonchev–Trinajstić information content (AvgIpc) is 2.38. The zero-order valence-electron chi connectivity index (χ0n) is 9.98. The largest absolute Gasteiger partial charge is 0.468 e. The molecule has 2 aromatic carbocycles. The van der Waals surface area contributed by atoms with Gasteiger partial charge in [0.25, 0.3) is 6.47 Å². The first kappa shape index (κ1) is 11.6. The van der Waals surface area contributed by atoms with Gasteiger partial charge in [0, 0.05) is 6.42 Å². The van der Waals surface area contributed by atoms with E-state index in [1.807, 2.05) is 0 Å². The molecule has 0 bridgehead atoms. The Kier molecular flexibility index (Phi) is 3.76. The van der Waals surface area contributed by atoms with Crippen LogP contribution in [-0.2, 0) is 22.4 Å². The van der Waals surface area contributed by atoms with Gasteiger partial charge in [0.15, 0.2) is 0 Å². The molecule has 0 fully saturated rings. The number of carbonyl (C=O) groups is 1. The molecule has 0 amide bonds. The van der Waals surface area contributed by atoms with Crippen molar-refractivity contribution in [3.63, 3.8) is 0 Å². The molecule has 0 atom stereocenters. The van der Waals surface area contributed by atoms with E-state index in [4.69, 9.17) is 4.74 Å². The van der Waals surface area contributed by atoms with Crippen LogP contribution in [-0.4, -0.2) is 13.1 Å². The molecular weight excluding hydrogens is 212 g/mol. The summed E-state index contributed by atoms with van der Waals surface area (Å²) in [7, 11) is 0. The number of hydrogen-bond acceptors (Lipinski definition) is 2. The molecule has 0 N–H and O–H groups in total. The van der Waals surface area contributed by atoms with E-state index in [1.165, 1.54) is 21.9 Å². The summed E-state index contributed by atoms with van der Waals surface area (Å²) in [5, 5.41) is 2.57. The lowest BCUT2D eigenvalue weighted by molar-refractivity contribution is -0.128. The van der Waals surface area contributed by atoms with E-state index in [-0.39, 0.29) is 0 Å². The Morgan fingerprint density at radius 3 is 2.47 bits per heavy atom. The number of ether oxygens (including phenoxy) is 1. The zero-order valence-corrected chi connectivity index (χ0v) is 9.98. The van der Waals surface area contributed by atoms with E-state index < -0.39 is 0 Å². The van der Waals surface area contributed by atoms with Crippen molar-refractivity contribution in [1.29, 1.82) is 0 Å². The molecule has 0 unspecified atom stereocenters. The predicted molar refractivity (Wildman–Crippen MR) is 69.0 cm³/mol. The summed E-state index contributed by atoms with van der Waals surface area (Å²) in [6, 6.07) is 12.7. The van der Waals surface area contributed by atoms with E-state index in [0.717, 1.165) is 12.8 Å². The number of fused-ring (bicyclic) bond motifs is 1. The van der Waals surface area contributed by atoms with E-state index in [1.54, 1.807) is 0 Å². The second-order valence-electron chi connectivity index (χ2n) is 4.00. The highest BCUT2D eigenvalue weighted by molar-refractivity contribution is 5.88. The third kappa shape index (κ3) is 2.47. The van der Waals surface area contributed by atoms with E-state index in [9.17, 15) is 4.79 Å². The molecule has 2 rings (SSSR count). The summed E-state index contributed by atoms with van der Waals surface area (Å²) in [6.07, 6.45) is 1.79. The van der Waals surface area contributed by atoms with E-state index in [0.29, 0.717) is 13.1 Å². The van der Waals surface area contributed by atoms with Gasteiger partial charge in [-0.25, -0.2) is 0 Å². The number of carbonyl (C=O) groups excluding carboxylic acids is 1. The third-order valence-corrected chi connectivity index (χ3v) is 3.02. The smallest absolute Gasteiger partial charge is 0.293 e. The first-order chi connectivity index (χ1) is 8.36. The number of rotatable bonds is 5. The van der Waals surface area contributed by atoms with Gasteiger partial charge in [-0.3, -0.25) is 4.79 Å². The van der Waals surface area contributed by atoms with Crippen LogP contribution in [0.2, 0.25) is 0 Å². The number of aryl methyl sites for hydroxylation is 1. The van der Waals surface area contributed by atoms with Crippen molar-refractivity contribution < 1.29 is 9.53 Å². The Morgan fingerprint density at radius 2 is 1.82 bits per heavy atom. The van der Waals surface area contributed by atoms with Crippen molar-refractivity contribution in [1.82, 2.24) is 0 Å². The SMILES string of the molecule is CCc1cccc2cccc(CCOC=O)c12. The second-order valence-corrected chi connectivity index (χ2v) is 4.00. The molecule has 0 aliphatic carbocycles. The Balaban J connectivity index is 2.43. The minimum Gasteiger partial charge on any atom is -0.468 e. The lowest BCUT2D eigenvalue weighted by atomic mass is 9.96. The van der Waals surface area contributed by atoms with Gasteiger partial charge in [0.05, 0.1) is 6.61 Å². The molecular formula is C15H16O2. The molecule has 0 aliphatic heterocycles. The summed E-state index contributed by atoms with van der Waals surface area (Å²) in [5.74, 6) is 0. The molecule has 0 saturated heterocycles. The van der Waals surface area contributed by atoms with Gasteiger partial charge in [-0.2, -0.15) is 0 Å². The zero-order chi connectivity index (χ0) is 12.1. The van der Waals surface area contributed by atoms with Gasteiger partial charge in [0.1, 0.15) is 0 Å². The van der Waals surface area contributed by atoms with Crippen molar-refractivity contribution in [3.8, 4) is 0 Å². The maximum absolute atomic E-state index is 10.2. The van der Waals surface area contributed by atoms with Gasteiger partial charge < -0.3 is 4.74 Å². The minimum absolute atomic E-state index is 0.445. The molecule has 0 aliphatic rings. The van der Waals surface area contributed by atoms with Crippen molar-refractivity contribution in [2.45, 2.75) is 19.8 Å². The van der Waals surface area contributed by atoms with Crippen molar-refractivity contribution >= 4 is 17.2 Å². The summed E-state index contributed by atoms with van der Waals surface area (Å²) >= 11 is 0. The van der Waals surface area contributed by atoms with Crippen LogP contribution in [0.1, 0.15) is 18.1 Å². The topological polar surface area (TPSA) is 26.3 Å². The molecule has 2 heteroatoms. The standard InChI is InChI=1S/C15H16O2/c1-2-12-5-3-6-13-7-4-8-14(15(12)13)9-10-17-11-16/h3-8,11H,2,9-10H2,1H3. The lowest BCUT2D eigenvalue weighted by Gasteiger charge is -2.10. The summed E-state index contributed by atoms with van der Waals surface area (Å²) in [6.45, 7) is 3.11. The summed E-state index contributed by atoms with van der Waals surface area (Å²) < 4.78 is 4.78. The molecule has 0 saturated carbocycles. The molecule has 17 heavy (non-hydrogen) atoms. The quantitative estimate of drug-likeness (QED) is 0.580. The lowest BCUT2D eigenvalue weighted by Crippen LogP contribution is -1.98. The molecule has 0 radical (unpaired) electrons. The fraction of sp³-hybridized carbons (Fsp3) is 0.267. The highest BCUT2D eigenvalue weighted by atomic mass is 16.5. The molecule has 0 spiro atoms. The van der Waals surface area contributed by atoms with Gasteiger partial charge >= 0.3 is 0 Å². The molecule has 2 aromatic rings. The monoisotopic (exact) mass is 228 g/mol. The first-order valence-electron chi connectivity index (χ1n) is 5.91. The Hall–Kier alpha value is -1.83. The molecule has 0 heterocycles. The Labute approximate surface area is 101 Å². The van der Waals surface area contributed by atoms with Gasteiger partial charge in [-0.15, -0.1) is 0 Å². The van der Waals surface area contributed by atoms with Crippen LogP contribution in [0, 0.1) is 0 Å². The predicted octanol–water partition coefficient (Wildman–Crippen LogP) is 3.12. The minimum atomic E-state index is 0.445. The van der Waals surface area contributed by atoms with Gasteiger partial charge in [0.2, 0.25) is 0 Å². The first-order valence-corrected chi connectivity index (χ1v) is 5.91. The Morgan fingerprint density at radius 1 is 1.12 bits per heavy atom. The normalized spacial score (nSPS) is 10.4. The molecule has 2 nitrogen and oxygen atoms in total. The van der Waals surface area contributed by atoms with E-state index in [2.05, 4.69) is 43.3 Å². The third-order valence-electron chi connectivity index (χ3n) is 3.02. The highest BCUT2D eigenvalue weighted by Crippen LogP contribution is 2.24. The van der Waals surface area contributed by atoms with Crippen LogP contribution in [0.25, 0.3) is 10.8 Å². The average molecular weight is 228 g/mol. The number of benzene rings is 2. The summed E-state index contributed by atoms with van der Waals surface area (Å²) in [4.78, 5) is 10.2. The number of hydrogen-bond donors (Lipinski definition) is 0. The van der Waals surface area contributed by atoms with E-state index >= 15 is 0 Å². The highest BCUT2D eigenvalue weighted by Gasteiger charge is 2.04. The van der Waals surface area contributed by atoms with Crippen LogP contribution in [0.15, 0.2) is 36.4 Å². The maximum atomic E-state index is 10.2. The van der Waals surface area contributed by atoms with Gasteiger partial charge in [-0.1, -0.05) is 43.3 Å². The fourth-order valence-corrected chi connectivity index (χ4v) is 2.22. The summed E-state index contributed by atoms with van der Waals surface area (Å²) in [5.41, 5.74) is 2.60. The van der Waals surface area contributed by atoms with Crippen molar-refractivity contribution in [2.24, 2.45) is 0 Å². The van der Waals surface area contributed by atoms with Crippen molar-refractivity contribution in [3.05, 3.63) is 47.5 Å². The van der Waals surface area contributed by atoms with Crippen LogP contribution < -0.4 is 0 Å².